The molecule has 5 nitrogen and oxygen atoms in total. The van der Waals surface area contributed by atoms with Crippen molar-refractivity contribution in [1.29, 1.82) is 0 Å². The minimum atomic E-state index is 0.100. The number of hydrogen-bond donors (Lipinski definition) is 3. The second-order valence-corrected chi connectivity index (χ2v) is 2.62. The second-order valence-electron chi connectivity index (χ2n) is 2.62. The summed E-state index contributed by atoms with van der Waals surface area (Å²) >= 11 is 0. The van der Waals surface area contributed by atoms with Crippen LogP contribution in [0.25, 0.3) is 0 Å². The van der Waals surface area contributed by atoms with Crippen LogP contribution in [0.5, 0.6) is 0 Å². The molecule has 5 heteroatoms. The van der Waals surface area contributed by atoms with E-state index in [1.54, 1.807) is 0 Å². The number of nitrogens with one attached hydrogen (secondary N) is 1. The molecule has 0 atom stereocenters. The summed E-state index contributed by atoms with van der Waals surface area (Å²) in [6.07, 6.45) is 0. The molecule has 3 N–H and O–H groups in total. The minimum Gasteiger partial charge on any atom is -0.395 e. The molecule has 0 aliphatic heterocycles. The molecule has 0 aromatic carbocycles. The van der Waals surface area contributed by atoms with Gasteiger partial charge in [-0.25, -0.2) is 5.43 Å². The molecule has 0 spiro atoms. The van der Waals surface area contributed by atoms with E-state index in [2.05, 4.69) is 24.3 Å². The van der Waals surface area contributed by atoms with E-state index in [-0.39, 0.29) is 13.2 Å². The highest BCUT2D eigenvalue weighted by molar-refractivity contribution is 4.55. The summed E-state index contributed by atoms with van der Waals surface area (Å²) in [4.78, 5) is 0. The van der Waals surface area contributed by atoms with Crippen LogP contribution in [0.1, 0.15) is 13.8 Å². The van der Waals surface area contributed by atoms with Gasteiger partial charge in [-0.2, -0.15) is 0 Å². The van der Waals surface area contributed by atoms with Gasteiger partial charge in [0.25, 0.3) is 0 Å². The van der Waals surface area contributed by atoms with E-state index in [4.69, 9.17) is 10.2 Å². The lowest BCUT2D eigenvalue weighted by Gasteiger charge is -2.22. The van der Waals surface area contributed by atoms with E-state index in [0.29, 0.717) is 13.1 Å². The van der Waals surface area contributed by atoms with Crippen molar-refractivity contribution in [1.82, 2.24) is 15.6 Å². The van der Waals surface area contributed by atoms with Crippen molar-refractivity contribution in [3.63, 3.8) is 0 Å². The van der Waals surface area contributed by atoms with E-state index < -0.39 is 0 Å². The molecule has 79 valence electrons. The molecular weight excluding hydrogens is 170 g/mol. The van der Waals surface area contributed by atoms with Gasteiger partial charge in [0.1, 0.15) is 13.1 Å². The van der Waals surface area contributed by atoms with Crippen molar-refractivity contribution in [2.75, 3.05) is 39.4 Å². The third kappa shape index (κ3) is 5.17. The van der Waals surface area contributed by atoms with Gasteiger partial charge in [0.15, 0.2) is 0 Å². The third-order valence-corrected chi connectivity index (χ3v) is 1.79. The molecule has 0 aliphatic carbocycles. The Balaban J connectivity index is 3.88. The average Bonchev–Trinajstić information content (AvgIpc) is 2.16. The molecule has 0 saturated carbocycles. The zero-order valence-corrected chi connectivity index (χ0v) is 8.53. The summed E-state index contributed by atoms with van der Waals surface area (Å²) in [6, 6.07) is 0. The van der Waals surface area contributed by atoms with Gasteiger partial charge >= 0.3 is 0 Å². The zero-order valence-electron chi connectivity index (χ0n) is 8.53. The van der Waals surface area contributed by atoms with Crippen molar-refractivity contribution in [2.45, 2.75) is 13.8 Å². The summed E-state index contributed by atoms with van der Waals surface area (Å²) in [7, 11) is 0. The zero-order chi connectivity index (χ0) is 10.1. The Morgan fingerprint density at radius 3 is 2.15 bits per heavy atom. The smallest absolute Gasteiger partial charge is 0.143 e. The van der Waals surface area contributed by atoms with Crippen LogP contribution in [0, 0.1) is 0 Å². The van der Waals surface area contributed by atoms with Crippen LogP contribution in [-0.4, -0.2) is 54.7 Å². The van der Waals surface area contributed by atoms with Gasteiger partial charge in [0.05, 0.1) is 19.8 Å². The van der Waals surface area contributed by atoms with Gasteiger partial charge in [-0.3, -0.25) is 0 Å². The largest absolute Gasteiger partial charge is 0.395 e. The van der Waals surface area contributed by atoms with Crippen LogP contribution in [-0.2, 0) is 0 Å². The van der Waals surface area contributed by atoms with Crippen molar-refractivity contribution in [3.05, 3.63) is 0 Å². The lowest BCUT2D eigenvalue weighted by molar-refractivity contribution is -0.000389. The quantitative estimate of drug-likeness (QED) is 0.336. The lowest BCUT2D eigenvalue weighted by Crippen LogP contribution is -2.56. The Hall–Kier alpha value is -0.200. The Kier molecular flexibility index (Phi) is 8.27. The molecule has 0 bridgehead atoms. The van der Waals surface area contributed by atoms with Crippen LogP contribution in [0.2, 0.25) is 0 Å². The fraction of sp³-hybridized carbons (Fsp3) is 1.00. The number of aliphatic hydroxyl groups excluding tert-OH is 2. The topological polar surface area (TPSA) is 61.6 Å². The monoisotopic (exact) mass is 191 g/mol. The van der Waals surface area contributed by atoms with Crippen molar-refractivity contribution >= 4 is 0 Å². The van der Waals surface area contributed by atoms with Crippen LogP contribution in [0.4, 0.5) is 0 Å². The molecule has 0 aromatic rings. The van der Waals surface area contributed by atoms with Crippen molar-refractivity contribution in [2.24, 2.45) is 0 Å². The van der Waals surface area contributed by atoms with Crippen LogP contribution < -0.4 is 10.4 Å². The molecule has 0 rings (SSSR count). The van der Waals surface area contributed by atoms with Gasteiger partial charge in [-0.1, -0.05) is 5.01 Å². The molecular formula is C8H21N3O2+. The Morgan fingerprint density at radius 1 is 1.15 bits per heavy atom. The average molecular weight is 191 g/mol. The molecule has 0 aliphatic rings. The maximum Gasteiger partial charge on any atom is 0.143 e. The molecule has 0 aromatic heterocycles. The van der Waals surface area contributed by atoms with Gasteiger partial charge in [-0.15, -0.1) is 0 Å². The number of hydrazine groups is 2. The molecule has 0 amide bonds. The first-order chi connectivity index (χ1) is 6.29. The lowest BCUT2D eigenvalue weighted by atomic mass is 10.6. The van der Waals surface area contributed by atoms with Gasteiger partial charge in [-0.05, 0) is 19.0 Å². The van der Waals surface area contributed by atoms with Crippen molar-refractivity contribution in [3.8, 4) is 0 Å². The number of hydrogen-bond acceptors (Lipinski definition) is 5. The fourth-order valence-electron chi connectivity index (χ4n) is 1.16. The second kappa shape index (κ2) is 8.40. The standard InChI is InChI=1S/C8H21N3O2/c1-3-10(4-2)11(6-8-13)9-5-7-12/h9,12-13H,3-8H2,1-2H3/q+1. The summed E-state index contributed by atoms with van der Waals surface area (Å²) in [5.74, 6) is 0. The van der Waals surface area contributed by atoms with E-state index in [1.165, 1.54) is 0 Å². The van der Waals surface area contributed by atoms with E-state index >= 15 is 0 Å². The van der Waals surface area contributed by atoms with Gasteiger partial charge in [0.2, 0.25) is 0 Å². The highest BCUT2D eigenvalue weighted by Crippen LogP contribution is 1.88. The maximum absolute atomic E-state index is 8.81. The Bertz CT molecular complexity index is 110. The third-order valence-electron chi connectivity index (χ3n) is 1.79. The molecule has 0 saturated heterocycles. The molecule has 13 heavy (non-hydrogen) atoms. The summed E-state index contributed by atoms with van der Waals surface area (Å²) in [6.45, 7) is 7.13. The predicted molar refractivity (Wildman–Crippen MR) is 52.1 cm³/mol. The summed E-state index contributed by atoms with van der Waals surface area (Å²) in [5, 5.41) is 21.4. The van der Waals surface area contributed by atoms with E-state index in [9.17, 15) is 0 Å². The highest BCUT2D eigenvalue weighted by Gasteiger charge is 2.20. The molecule has 1 radical (unpaired) electrons. The van der Waals surface area contributed by atoms with Crippen LogP contribution in [0.3, 0.4) is 0 Å². The normalized spacial score (nSPS) is 11.5. The predicted octanol–water partition coefficient (Wildman–Crippen LogP) is -1.13. The van der Waals surface area contributed by atoms with Crippen LogP contribution >= 0.6 is 0 Å². The Morgan fingerprint density at radius 2 is 1.77 bits per heavy atom. The first kappa shape index (κ1) is 12.8. The first-order valence-electron chi connectivity index (χ1n) is 4.77. The molecule has 0 fully saturated rings. The Labute approximate surface area is 79.9 Å². The molecule has 0 heterocycles. The minimum absolute atomic E-state index is 0.100. The van der Waals surface area contributed by atoms with E-state index in [1.807, 2.05) is 5.12 Å². The molecule has 0 unspecified atom stereocenters. The van der Waals surface area contributed by atoms with E-state index in [0.717, 1.165) is 13.1 Å². The summed E-state index contributed by atoms with van der Waals surface area (Å²) < 4.78 is 0. The number of aliphatic hydroxyl groups is 2. The SMILES string of the molecule is CC[N+](CC)N(CCO)NCCO. The number of nitrogens with zero attached hydrogens (tertiary/aromatic N) is 2. The van der Waals surface area contributed by atoms with Crippen molar-refractivity contribution < 1.29 is 10.2 Å². The van der Waals surface area contributed by atoms with Crippen LogP contribution in [0.15, 0.2) is 0 Å². The summed E-state index contributed by atoms with van der Waals surface area (Å²) in [5.41, 5.74) is 3.02. The van der Waals surface area contributed by atoms with Gasteiger partial charge in [0, 0.05) is 6.54 Å². The highest BCUT2D eigenvalue weighted by atomic mass is 16.3. The number of rotatable bonds is 8. The first-order valence-corrected chi connectivity index (χ1v) is 4.77. The van der Waals surface area contributed by atoms with Gasteiger partial charge < -0.3 is 10.2 Å². The maximum atomic E-state index is 8.81. The fourth-order valence-corrected chi connectivity index (χ4v) is 1.16.